The molecule has 0 fully saturated rings. The second-order valence-corrected chi connectivity index (χ2v) is 7.24. The maximum atomic E-state index is 5.78. The predicted octanol–water partition coefficient (Wildman–Crippen LogP) is 6.65. The van der Waals surface area contributed by atoms with Gasteiger partial charge in [0.2, 0.25) is 0 Å². The molecule has 136 valence electrons. The smallest absolute Gasteiger partial charge is 0.0314 e. The number of hydrogen-bond acceptors (Lipinski definition) is 1. The van der Waals surface area contributed by atoms with Gasteiger partial charge >= 0.3 is 0 Å². The van der Waals surface area contributed by atoms with E-state index in [1.165, 1.54) is 39.0 Å². The zero-order valence-corrected chi connectivity index (χ0v) is 16.6. The third kappa shape index (κ3) is 4.57. The largest absolute Gasteiger partial charge is 0.399 e. The van der Waals surface area contributed by atoms with Crippen molar-refractivity contribution in [2.45, 2.75) is 27.7 Å². The van der Waals surface area contributed by atoms with E-state index >= 15 is 0 Å². The molecular formula is C26H27N. The Hall–Kier alpha value is -3.06. The lowest BCUT2D eigenvalue weighted by Crippen LogP contribution is -1.95. The van der Waals surface area contributed by atoms with Crippen LogP contribution in [-0.4, -0.2) is 0 Å². The van der Waals surface area contributed by atoms with Crippen molar-refractivity contribution in [1.29, 1.82) is 0 Å². The molecule has 0 aromatic heterocycles. The molecule has 3 aromatic carbocycles. The summed E-state index contributed by atoms with van der Waals surface area (Å²) in [6.07, 6.45) is 6.46. The molecule has 3 aromatic rings. The number of allylic oxidation sites excluding steroid dienone is 2. The van der Waals surface area contributed by atoms with Crippen LogP contribution in [-0.2, 0) is 0 Å². The monoisotopic (exact) mass is 353 g/mol. The van der Waals surface area contributed by atoms with Crippen LogP contribution in [0.1, 0.15) is 38.9 Å². The van der Waals surface area contributed by atoms with Crippen molar-refractivity contribution in [1.82, 2.24) is 0 Å². The molecule has 27 heavy (non-hydrogen) atoms. The molecule has 0 aliphatic heterocycles. The molecule has 1 nitrogen and oxygen atoms in total. The van der Waals surface area contributed by atoms with Crippen molar-refractivity contribution in [2.75, 3.05) is 5.73 Å². The van der Waals surface area contributed by atoms with Gasteiger partial charge in [-0.25, -0.2) is 0 Å². The van der Waals surface area contributed by atoms with E-state index in [2.05, 4.69) is 82.3 Å². The maximum absolute atomic E-state index is 5.78. The Bertz CT molecular complexity index is 951. The van der Waals surface area contributed by atoms with Gasteiger partial charge in [-0.15, -0.1) is 0 Å². The van der Waals surface area contributed by atoms with E-state index in [0.717, 1.165) is 11.3 Å². The minimum absolute atomic E-state index is 0.786. The lowest BCUT2D eigenvalue weighted by Gasteiger charge is -2.15. The van der Waals surface area contributed by atoms with Crippen molar-refractivity contribution >= 4 is 17.3 Å². The number of nitrogens with two attached hydrogens (primary N) is 1. The van der Waals surface area contributed by atoms with Crippen molar-refractivity contribution in [3.63, 3.8) is 0 Å². The molecule has 0 unspecified atom stereocenters. The van der Waals surface area contributed by atoms with Gasteiger partial charge in [0.05, 0.1) is 0 Å². The number of benzene rings is 3. The topological polar surface area (TPSA) is 26.0 Å². The van der Waals surface area contributed by atoms with Crippen molar-refractivity contribution in [3.05, 3.63) is 112 Å². The number of aryl methyl sites for hydroxylation is 4. The van der Waals surface area contributed by atoms with Gasteiger partial charge in [0.1, 0.15) is 0 Å². The third-order valence-corrected chi connectivity index (χ3v) is 4.83. The summed E-state index contributed by atoms with van der Waals surface area (Å²) in [4.78, 5) is 0. The quantitative estimate of drug-likeness (QED) is 0.412. The number of hydrogen-bond donors (Lipinski definition) is 1. The fourth-order valence-electron chi connectivity index (χ4n) is 3.42. The van der Waals surface area contributed by atoms with E-state index in [9.17, 15) is 0 Å². The minimum Gasteiger partial charge on any atom is -0.399 e. The van der Waals surface area contributed by atoms with Crippen LogP contribution in [0, 0.1) is 27.7 Å². The molecule has 2 N–H and O–H groups in total. The molecule has 0 saturated carbocycles. The molecule has 0 atom stereocenters. The third-order valence-electron chi connectivity index (χ3n) is 4.83. The fourth-order valence-corrected chi connectivity index (χ4v) is 3.42. The van der Waals surface area contributed by atoms with Crippen LogP contribution in [0.5, 0.6) is 0 Å². The van der Waals surface area contributed by atoms with Crippen LogP contribution >= 0.6 is 0 Å². The molecule has 1 heteroatoms. The summed E-state index contributed by atoms with van der Waals surface area (Å²) >= 11 is 0. The van der Waals surface area contributed by atoms with E-state index in [1.807, 2.05) is 24.3 Å². The normalized spacial score (nSPS) is 11.0. The molecule has 0 spiro atoms. The summed E-state index contributed by atoms with van der Waals surface area (Å²) in [5.41, 5.74) is 16.7. The summed E-state index contributed by atoms with van der Waals surface area (Å²) in [5.74, 6) is 0. The molecule has 3 rings (SSSR count). The summed E-state index contributed by atoms with van der Waals surface area (Å²) in [5, 5.41) is 0. The first-order chi connectivity index (χ1) is 12.9. The highest BCUT2D eigenvalue weighted by Gasteiger charge is 2.10. The van der Waals surface area contributed by atoms with E-state index < -0.39 is 0 Å². The Morgan fingerprint density at radius 3 is 1.70 bits per heavy atom. The van der Waals surface area contributed by atoms with Crippen molar-refractivity contribution in [3.8, 4) is 0 Å². The summed E-state index contributed by atoms with van der Waals surface area (Å²) in [6.45, 7) is 8.64. The number of rotatable bonds is 4. The summed E-state index contributed by atoms with van der Waals surface area (Å²) < 4.78 is 0. The van der Waals surface area contributed by atoms with Crippen LogP contribution in [0.3, 0.4) is 0 Å². The molecule has 0 aliphatic carbocycles. The first-order valence-corrected chi connectivity index (χ1v) is 9.33. The second kappa shape index (κ2) is 8.09. The molecule has 0 bridgehead atoms. The average molecular weight is 354 g/mol. The Kier molecular flexibility index (Phi) is 5.61. The van der Waals surface area contributed by atoms with Crippen molar-refractivity contribution in [2.24, 2.45) is 0 Å². The standard InChI is InChI=1S/C26H27N/c1-18-8-14-24(20(3)16-18)26(25-15-9-19(2)17-21(25)4)7-5-6-22-10-12-23(27)13-11-22/h5-17H,27H2,1-4H3. The van der Waals surface area contributed by atoms with Gasteiger partial charge in [-0.2, -0.15) is 0 Å². The SMILES string of the molecule is Cc1ccc(C(=CC=Cc2ccc(N)cc2)c2ccc(C)cc2C)c(C)c1. The van der Waals surface area contributed by atoms with Gasteiger partial charge in [0, 0.05) is 5.69 Å². The van der Waals surface area contributed by atoms with Gasteiger partial charge in [-0.05, 0) is 73.2 Å². The number of anilines is 1. The molecule has 0 aliphatic rings. The van der Waals surface area contributed by atoms with Gasteiger partial charge in [-0.1, -0.05) is 77.9 Å². The van der Waals surface area contributed by atoms with E-state index in [4.69, 9.17) is 5.73 Å². The Balaban J connectivity index is 2.07. The van der Waals surface area contributed by atoms with Crippen molar-refractivity contribution < 1.29 is 0 Å². The highest BCUT2D eigenvalue weighted by molar-refractivity contribution is 5.84. The van der Waals surface area contributed by atoms with Crippen LogP contribution in [0.2, 0.25) is 0 Å². The molecule has 0 saturated heterocycles. The zero-order valence-electron chi connectivity index (χ0n) is 16.6. The number of nitrogen functional groups attached to an aromatic ring is 1. The second-order valence-electron chi connectivity index (χ2n) is 7.24. The Morgan fingerprint density at radius 2 is 1.22 bits per heavy atom. The van der Waals surface area contributed by atoms with Gasteiger partial charge < -0.3 is 5.73 Å². The predicted molar refractivity (Wildman–Crippen MR) is 119 cm³/mol. The lowest BCUT2D eigenvalue weighted by molar-refractivity contribution is 1.32. The maximum Gasteiger partial charge on any atom is 0.0314 e. The Morgan fingerprint density at radius 1 is 0.704 bits per heavy atom. The Labute approximate surface area is 162 Å². The zero-order chi connectivity index (χ0) is 19.4. The van der Waals surface area contributed by atoms with Crippen LogP contribution in [0.15, 0.2) is 72.8 Å². The van der Waals surface area contributed by atoms with E-state index in [-0.39, 0.29) is 0 Å². The molecule has 0 heterocycles. The fraction of sp³-hybridized carbons (Fsp3) is 0.154. The molecule has 0 radical (unpaired) electrons. The first-order valence-electron chi connectivity index (χ1n) is 9.33. The van der Waals surface area contributed by atoms with Gasteiger partial charge in [-0.3, -0.25) is 0 Å². The van der Waals surface area contributed by atoms with Crippen LogP contribution in [0.4, 0.5) is 5.69 Å². The summed E-state index contributed by atoms with van der Waals surface area (Å²) in [6, 6.07) is 21.2. The average Bonchev–Trinajstić information content (AvgIpc) is 2.62. The van der Waals surface area contributed by atoms with Crippen LogP contribution in [0.25, 0.3) is 11.6 Å². The van der Waals surface area contributed by atoms with E-state index in [1.54, 1.807) is 0 Å². The first kappa shape index (κ1) is 18.7. The van der Waals surface area contributed by atoms with Gasteiger partial charge in [0.25, 0.3) is 0 Å². The highest BCUT2D eigenvalue weighted by Crippen LogP contribution is 2.30. The molecular weight excluding hydrogens is 326 g/mol. The highest BCUT2D eigenvalue weighted by atomic mass is 14.5. The molecule has 0 amide bonds. The summed E-state index contributed by atoms with van der Waals surface area (Å²) in [7, 11) is 0. The van der Waals surface area contributed by atoms with Crippen LogP contribution < -0.4 is 5.73 Å². The van der Waals surface area contributed by atoms with Gasteiger partial charge in [0.15, 0.2) is 0 Å². The lowest BCUT2D eigenvalue weighted by atomic mass is 9.90. The van der Waals surface area contributed by atoms with E-state index in [0.29, 0.717) is 0 Å². The minimum atomic E-state index is 0.786.